The molecule has 4 heteroatoms. The van der Waals surface area contributed by atoms with Crippen molar-refractivity contribution >= 4 is 9.84 Å². The lowest BCUT2D eigenvalue weighted by atomic mass is 9.87. The molecule has 1 saturated carbocycles. The van der Waals surface area contributed by atoms with Gasteiger partial charge in [0.15, 0.2) is 0 Å². The van der Waals surface area contributed by atoms with E-state index < -0.39 is 9.84 Å². The molecule has 1 aliphatic rings. The van der Waals surface area contributed by atoms with Crippen LogP contribution in [0.25, 0.3) is 0 Å². The molecule has 0 saturated heterocycles. The van der Waals surface area contributed by atoms with Gasteiger partial charge in [-0.25, -0.2) is 8.42 Å². The second kappa shape index (κ2) is 5.30. The van der Waals surface area contributed by atoms with E-state index in [1.807, 2.05) is 7.05 Å². The minimum Gasteiger partial charge on any atom is -0.302 e. The lowest BCUT2D eigenvalue weighted by Crippen LogP contribution is -2.37. The average Bonchev–Trinajstić information content (AvgIpc) is 2.14. The number of sulfone groups is 1. The summed E-state index contributed by atoms with van der Waals surface area (Å²) in [5, 5.41) is 0. The second-order valence-corrected chi connectivity index (χ2v) is 7.28. The molecule has 0 aromatic carbocycles. The van der Waals surface area contributed by atoms with E-state index in [0.717, 1.165) is 5.92 Å². The van der Waals surface area contributed by atoms with Gasteiger partial charge in [0.25, 0.3) is 0 Å². The van der Waals surface area contributed by atoms with Crippen LogP contribution in [-0.2, 0) is 9.84 Å². The van der Waals surface area contributed by atoms with Crippen molar-refractivity contribution in [3.8, 4) is 0 Å². The molecule has 0 atom stereocenters. The second-order valence-electron chi connectivity index (χ2n) is 5.02. The van der Waals surface area contributed by atoms with E-state index in [1.165, 1.54) is 31.9 Å². The Morgan fingerprint density at radius 3 is 2.20 bits per heavy atom. The van der Waals surface area contributed by atoms with E-state index in [-0.39, 0.29) is 5.75 Å². The SMILES string of the molecule is CC1CCC(N(C)CCS(C)(=O)=O)CC1. The summed E-state index contributed by atoms with van der Waals surface area (Å²) in [6.07, 6.45) is 6.33. The summed E-state index contributed by atoms with van der Waals surface area (Å²) in [6.45, 7) is 2.98. The van der Waals surface area contributed by atoms with Gasteiger partial charge in [-0.2, -0.15) is 0 Å². The summed E-state index contributed by atoms with van der Waals surface area (Å²) in [6, 6.07) is 0.600. The third-order valence-corrected chi connectivity index (χ3v) is 4.35. The van der Waals surface area contributed by atoms with Gasteiger partial charge in [0.05, 0.1) is 5.75 Å². The molecule has 0 spiro atoms. The van der Waals surface area contributed by atoms with E-state index in [1.54, 1.807) is 0 Å². The maximum absolute atomic E-state index is 11.0. The topological polar surface area (TPSA) is 37.4 Å². The quantitative estimate of drug-likeness (QED) is 0.739. The highest BCUT2D eigenvalue weighted by molar-refractivity contribution is 7.90. The summed E-state index contributed by atoms with van der Waals surface area (Å²) in [4.78, 5) is 2.22. The molecule has 0 bridgehead atoms. The van der Waals surface area contributed by atoms with Crippen molar-refractivity contribution in [2.75, 3.05) is 25.6 Å². The van der Waals surface area contributed by atoms with Gasteiger partial charge in [0, 0.05) is 18.8 Å². The van der Waals surface area contributed by atoms with Crippen LogP contribution in [-0.4, -0.2) is 45.0 Å². The van der Waals surface area contributed by atoms with Gasteiger partial charge in [-0.3, -0.25) is 0 Å². The van der Waals surface area contributed by atoms with Crippen LogP contribution in [0.3, 0.4) is 0 Å². The number of hydrogen-bond donors (Lipinski definition) is 0. The predicted molar refractivity (Wildman–Crippen MR) is 63.8 cm³/mol. The van der Waals surface area contributed by atoms with Crippen LogP contribution in [0.1, 0.15) is 32.6 Å². The Balaban J connectivity index is 2.31. The van der Waals surface area contributed by atoms with Crippen molar-refractivity contribution in [1.29, 1.82) is 0 Å². The largest absolute Gasteiger partial charge is 0.302 e. The predicted octanol–water partition coefficient (Wildman–Crippen LogP) is 1.54. The van der Waals surface area contributed by atoms with Crippen LogP contribution >= 0.6 is 0 Å². The lowest BCUT2D eigenvalue weighted by molar-refractivity contribution is 0.178. The molecular weight excluding hydrogens is 210 g/mol. The first-order valence-electron chi connectivity index (χ1n) is 5.76. The Labute approximate surface area is 93.8 Å². The van der Waals surface area contributed by atoms with Crippen molar-refractivity contribution in [3.63, 3.8) is 0 Å². The minimum absolute atomic E-state index is 0.287. The molecule has 0 aromatic heterocycles. The molecule has 0 N–H and O–H groups in total. The molecule has 1 rings (SSSR count). The fraction of sp³-hybridized carbons (Fsp3) is 1.00. The molecule has 1 aliphatic carbocycles. The molecule has 3 nitrogen and oxygen atoms in total. The van der Waals surface area contributed by atoms with Gasteiger partial charge < -0.3 is 4.90 Å². The molecule has 0 heterocycles. The average molecular weight is 233 g/mol. The van der Waals surface area contributed by atoms with Crippen LogP contribution in [0.5, 0.6) is 0 Å². The number of nitrogens with zero attached hydrogens (tertiary/aromatic N) is 1. The van der Waals surface area contributed by atoms with Gasteiger partial charge in [-0.1, -0.05) is 6.92 Å². The van der Waals surface area contributed by atoms with Gasteiger partial charge >= 0.3 is 0 Å². The van der Waals surface area contributed by atoms with Gasteiger partial charge in [-0.15, -0.1) is 0 Å². The van der Waals surface area contributed by atoms with Crippen molar-refractivity contribution < 1.29 is 8.42 Å². The van der Waals surface area contributed by atoms with E-state index >= 15 is 0 Å². The molecule has 0 aliphatic heterocycles. The normalized spacial score (nSPS) is 28.3. The van der Waals surface area contributed by atoms with Crippen molar-refractivity contribution in [1.82, 2.24) is 4.90 Å². The molecular formula is C11H23NO2S. The van der Waals surface area contributed by atoms with Crippen molar-refractivity contribution in [2.24, 2.45) is 5.92 Å². The Morgan fingerprint density at radius 1 is 1.20 bits per heavy atom. The first-order valence-corrected chi connectivity index (χ1v) is 7.82. The summed E-state index contributed by atoms with van der Waals surface area (Å²) >= 11 is 0. The minimum atomic E-state index is -2.81. The molecule has 0 aromatic rings. The van der Waals surface area contributed by atoms with E-state index in [9.17, 15) is 8.42 Å². The summed E-state index contributed by atoms with van der Waals surface area (Å²) in [5.74, 6) is 1.14. The monoisotopic (exact) mass is 233 g/mol. The summed E-state index contributed by atoms with van der Waals surface area (Å²) in [7, 11) is -0.763. The first-order chi connectivity index (χ1) is 6.88. The number of hydrogen-bond acceptors (Lipinski definition) is 3. The molecule has 0 radical (unpaired) electrons. The number of rotatable bonds is 4. The van der Waals surface area contributed by atoms with Crippen LogP contribution in [0, 0.1) is 5.92 Å². The van der Waals surface area contributed by atoms with E-state index in [2.05, 4.69) is 11.8 Å². The van der Waals surface area contributed by atoms with Gasteiger partial charge in [0.1, 0.15) is 9.84 Å². The highest BCUT2D eigenvalue weighted by atomic mass is 32.2. The smallest absolute Gasteiger partial charge is 0.148 e. The van der Waals surface area contributed by atoms with E-state index in [4.69, 9.17) is 0 Å². The van der Waals surface area contributed by atoms with Crippen molar-refractivity contribution in [2.45, 2.75) is 38.6 Å². The maximum Gasteiger partial charge on any atom is 0.148 e. The Bertz CT molecular complexity index is 279. The van der Waals surface area contributed by atoms with Crippen LogP contribution in [0.15, 0.2) is 0 Å². The Hall–Kier alpha value is -0.0900. The van der Waals surface area contributed by atoms with Crippen molar-refractivity contribution in [3.05, 3.63) is 0 Å². The maximum atomic E-state index is 11.0. The third kappa shape index (κ3) is 4.98. The van der Waals surface area contributed by atoms with Crippen LogP contribution < -0.4 is 0 Å². The molecule has 15 heavy (non-hydrogen) atoms. The lowest BCUT2D eigenvalue weighted by Gasteiger charge is -2.33. The first kappa shape index (κ1) is 13.0. The van der Waals surface area contributed by atoms with Gasteiger partial charge in [0.2, 0.25) is 0 Å². The Kier molecular flexibility index (Phi) is 4.59. The van der Waals surface area contributed by atoms with Crippen LogP contribution in [0.2, 0.25) is 0 Å². The fourth-order valence-electron chi connectivity index (χ4n) is 2.18. The third-order valence-electron chi connectivity index (χ3n) is 3.42. The summed E-state index contributed by atoms with van der Waals surface area (Å²) < 4.78 is 22.1. The zero-order valence-corrected chi connectivity index (χ0v) is 10.9. The molecule has 1 fully saturated rings. The molecule has 0 amide bonds. The van der Waals surface area contributed by atoms with Crippen LogP contribution in [0.4, 0.5) is 0 Å². The molecule has 90 valence electrons. The molecule has 0 unspecified atom stereocenters. The Morgan fingerprint density at radius 2 is 1.73 bits per heavy atom. The fourth-order valence-corrected chi connectivity index (χ4v) is 2.80. The van der Waals surface area contributed by atoms with Gasteiger partial charge in [-0.05, 0) is 38.6 Å². The van der Waals surface area contributed by atoms with E-state index in [0.29, 0.717) is 12.6 Å². The highest BCUT2D eigenvalue weighted by Crippen LogP contribution is 2.26. The zero-order chi connectivity index (χ0) is 11.5. The standard InChI is InChI=1S/C11H23NO2S/c1-10-4-6-11(7-5-10)12(2)8-9-15(3,13)14/h10-11H,4-9H2,1-3H3. The highest BCUT2D eigenvalue weighted by Gasteiger charge is 2.21. The summed E-state index contributed by atoms with van der Waals surface area (Å²) in [5.41, 5.74) is 0. The zero-order valence-electron chi connectivity index (χ0n) is 10.1.